The van der Waals surface area contributed by atoms with Gasteiger partial charge in [-0.05, 0) is 76.0 Å². The monoisotopic (exact) mass is 487 g/mol. The molecule has 0 atom stereocenters. The smallest absolute Gasteiger partial charge is 0.410 e. The summed E-state index contributed by atoms with van der Waals surface area (Å²) in [7, 11) is -3.24. The van der Waals surface area contributed by atoms with Crippen molar-refractivity contribution in [3.05, 3.63) is 29.3 Å². The Bertz CT molecular complexity index is 926. The van der Waals surface area contributed by atoms with E-state index in [1.54, 1.807) is 4.90 Å². The highest BCUT2D eigenvalue weighted by Crippen LogP contribution is 2.32. The molecule has 10 heteroatoms. The quantitative estimate of drug-likeness (QED) is 0.675. The van der Waals surface area contributed by atoms with Crippen molar-refractivity contribution < 1.29 is 26.7 Å². The SMILES string of the molecule is CC(C)(C)OC(=O)N1CCC(CNc2c(F)cc(C3CCN(S(C)(=O)=O)CC3)cc2F)CC1. The normalized spacial score (nSPS) is 19.5. The Hall–Kier alpha value is -1.94. The summed E-state index contributed by atoms with van der Waals surface area (Å²) in [5, 5.41) is 2.92. The topological polar surface area (TPSA) is 79.0 Å². The Labute approximate surface area is 195 Å². The minimum Gasteiger partial charge on any atom is -0.444 e. The van der Waals surface area contributed by atoms with Crippen molar-refractivity contribution >= 4 is 21.8 Å². The molecule has 1 amide bonds. The molecule has 3 rings (SSSR count). The second-order valence-corrected chi connectivity index (χ2v) is 12.1. The van der Waals surface area contributed by atoms with Crippen LogP contribution in [0.2, 0.25) is 0 Å². The minimum atomic E-state index is -3.24. The summed E-state index contributed by atoms with van der Waals surface area (Å²) in [6.45, 7) is 7.72. The summed E-state index contributed by atoms with van der Waals surface area (Å²) in [5.41, 5.74) is -0.113. The minimum absolute atomic E-state index is 0.0711. The van der Waals surface area contributed by atoms with Crippen LogP contribution < -0.4 is 5.32 Å². The number of nitrogens with zero attached hydrogens (tertiary/aromatic N) is 2. The second-order valence-electron chi connectivity index (χ2n) is 10.1. The van der Waals surface area contributed by atoms with Gasteiger partial charge in [0.2, 0.25) is 10.0 Å². The lowest BCUT2D eigenvalue weighted by Crippen LogP contribution is -2.42. The fraction of sp³-hybridized carbons (Fsp3) is 0.696. The number of rotatable bonds is 5. The van der Waals surface area contributed by atoms with E-state index in [0.717, 1.165) is 12.8 Å². The Kier molecular flexibility index (Phi) is 7.88. The average Bonchev–Trinajstić information content (AvgIpc) is 2.71. The number of amides is 1. The van der Waals surface area contributed by atoms with Crippen molar-refractivity contribution in [2.45, 2.75) is 58.0 Å². The number of halogens is 2. The largest absolute Gasteiger partial charge is 0.444 e. The first-order chi connectivity index (χ1) is 15.3. The van der Waals surface area contributed by atoms with E-state index in [4.69, 9.17) is 4.74 Å². The Morgan fingerprint density at radius 1 is 1.06 bits per heavy atom. The lowest BCUT2D eigenvalue weighted by Gasteiger charge is -2.33. The van der Waals surface area contributed by atoms with E-state index >= 15 is 0 Å². The van der Waals surface area contributed by atoms with Gasteiger partial charge in [-0.25, -0.2) is 26.3 Å². The third kappa shape index (κ3) is 7.02. The molecule has 1 aromatic rings. The molecule has 1 aromatic carbocycles. The van der Waals surface area contributed by atoms with Crippen LogP contribution in [-0.4, -0.2) is 68.3 Å². The Morgan fingerprint density at radius 2 is 1.61 bits per heavy atom. The number of nitrogens with one attached hydrogen (secondary N) is 1. The first-order valence-electron chi connectivity index (χ1n) is 11.5. The summed E-state index contributed by atoms with van der Waals surface area (Å²) in [6, 6.07) is 2.72. The molecular weight excluding hydrogens is 452 g/mol. The Balaban J connectivity index is 1.52. The molecule has 186 valence electrons. The third-order valence-electron chi connectivity index (χ3n) is 6.29. The number of carbonyl (C=O) groups is 1. The maximum atomic E-state index is 14.7. The van der Waals surface area contributed by atoms with Gasteiger partial charge >= 0.3 is 6.09 Å². The molecule has 0 spiro atoms. The Morgan fingerprint density at radius 3 is 2.09 bits per heavy atom. The maximum absolute atomic E-state index is 14.7. The highest BCUT2D eigenvalue weighted by atomic mass is 32.2. The first kappa shape index (κ1) is 25.7. The van der Waals surface area contributed by atoms with E-state index in [9.17, 15) is 22.0 Å². The lowest BCUT2D eigenvalue weighted by molar-refractivity contribution is 0.0188. The molecule has 1 N–H and O–H groups in total. The van der Waals surface area contributed by atoms with Gasteiger partial charge in [0.05, 0.1) is 6.26 Å². The van der Waals surface area contributed by atoms with Gasteiger partial charge < -0.3 is 15.0 Å². The van der Waals surface area contributed by atoms with Crippen LogP contribution in [0.4, 0.5) is 19.3 Å². The zero-order valence-corrected chi connectivity index (χ0v) is 20.7. The van der Waals surface area contributed by atoms with E-state index in [1.165, 1.54) is 22.7 Å². The van der Waals surface area contributed by atoms with Gasteiger partial charge in [-0.1, -0.05) is 0 Å². The molecule has 0 aliphatic carbocycles. The molecule has 2 heterocycles. The van der Waals surface area contributed by atoms with E-state index in [1.807, 2.05) is 20.8 Å². The van der Waals surface area contributed by atoms with Gasteiger partial charge in [0, 0.05) is 32.7 Å². The second kappa shape index (κ2) is 10.1. The van der Waals surface area contributed by atoms with Gasteiger partial charge in [0.25, 0.3) is 0 Å². The summed E-state index contributed by atoms with van der Waals surface area (Å²) in [4.78, 5) is 13.8. The molecule has 2 saturated heterocycles. The summed E-state index contributed by atoms with van der Waals surface area (Å²) in [5.74, 6) is -1.15. The highest BCUT2D eigenvalue weighted by Gasteiger charge is 2.29. The van der Waals surface area contributed by atoms with Crippen molar-refractivity contribution in [2.75, 3.05) is 44.3 Å². The number of sulfonamides is 1. The van der Waals surface area contributed by atoms with Crippen molar-refractivity contribution in [1.29, 1.82) is 0 Å². The van der Waals surface area contributed by atoms with Crippen LogP contribution in [0.5, 0.6) is 0 Å². The fourth-order valence-electron chi connectivity index (χ4n) is 4.41. The number of piperidine rings is 2. The van der Waals surface area contributed by atoms with E-state index < -0.39 is 27.3 Å². The molecule has 0 saturated carbocycles. The van der Waals surface area contributed by atoms with E-state index in [0.29, 0.717) is 51.1 Å². The first-order valence-corrected chi connectivity index (χ1v) is 13.3. The molecule has 2 fully saturated rings. The van der Waals surface area contributed by atoms with Crippen molar-refractivity contribution in [3.63, 3.8) is 0 Å². The number of hydrogen-bond acceptors (Lipinski definition) is 5. The van der Waals surface area contributed by atoms with Crippen molar-refractivity contribution in [1.82, 2.24) is 9.21 Å². The van der Waals surface area contributed by atoms with Gasteiger partial charge in [-0.3, -0.25) is 0 Å². The number of benzene rings is 1. The van der Waals surface area contributed by atoms with Crippen LogP contribution in [-0.2, 0) is 14.8 Å². The van der Waals surface area contributed by atoms with Crippen LogP contribution in [0.3, 0.4) is 0 Å². The van der Waals surface area contributed by atoms with Crippen LogP contribution in [0.25, 0.3) is 0 Å². The highest BCUT2D eigenvalue weighted by molar-refractivity contribution is 7.88. The molecule has 0 radical (unpaired) electrons. The van der Waals surface area contributed by atoms with E-state index in [-0.39, 0.29) is 23.6 Å². The molecule has 7 nitrogen and oxygen atoms in total. The van der Waals surface area contributed by atoms with Gasteiger partial charge in [0.15, 0.2) is 0 Å². The summed E-state index contributed by atoms with van der Waals surface area (Å²) < 4.78 is 59.6. The van der Waals surface area contributed by atoms with Crippen molar-refractivity contribution in [2.24, 2.45) is 5.92 Å². The zero-order valence-electron chi connectivity index (χ0n) is 19.9. The molecular formula is C23H35F2N3O4S. The van der Waals surface area contributed by atoms with Crippen molar-refractivity contribution in [3.8, 4) is 0 Å². The van der Waals surface area contributed by atoms with Crippen LogP contribution >= 0.6 is 0 Å². The summed E-state index contributed by atoms with van der Waals surface area (Å²) in [6.07, 6.45) is 3.38. The molecule has 33 heavy (non-hydrogen) atoms. The maximum Gasteiger partial charge on any atom is 0.410 e. The number of likely N-dealkylation sites (tertiary alicyclic amines) is 1. The third-order valence-corrected chi connectivity index (χ3v) is 7.60. The number of anilines is 1. The van der Waals surface area contributed by atoms with Gasteiger partial charge in [-0.15, -0.1) is 0 Å². The zero-order chi connectivity index (χ0) is 24.4. The standard InChI is InChI=1S/C23H35F2N3O4S/c1-23(2,3)32-22(29)27-9-5-16(6-10-27)15-26-21-19(24)13-18(14-20(21)25)17-7-11-28(12-8-17)33(4,30)31/h13-14,16-17,26H,5-12,15H2,1-4H3. The fourth-order valence-corrected chi connectivity index (χ4v) is 5.28. The molecule has 0 aromatic heterocycles. The number of hydrogen-bond donors (Lipinski definition) is 1. The number of ether oxygens (including phenoxy) is 1. The van der Waals surface area contributed by atoms with Crippen LogP contribution in [0.1, 0.15) is 57.9 Å². The predicted molar refractivity (Wildman–Crippen MR) is 124 cm³/mol. The predicted octanol–water partition coefficient (Wildman–Crippen LogP) is 4.16. The molecule has 2 aliphatic heterocycles. The van der Waals surface area contributed by atoms with Gasteiger partial charge in [0.1, 0.15) is 22.9 Å². The molecule has 0 bridgehead atoms. The molecule has 2 aliphatic rings. The van der Waals surface area contributed by atoms with Crippen LogP contribution in [0, 0.1) is 17.6 Å². The number of carbonyl (C=O) groups excluding carboxylic acids is 1. The van der Waals surface area contributed by atoms with E-state index in [2.05, 4.69) is 5.32 Å². The molecule has 0 unspecified atom stereocenters. The van der Waals surface area contributed by atoms with Crippen LogP contribution in [0.15, 0.2) is 12.1 Å². The summed E-state index contributed by atoms with van der Waals surface area (Å²) >= 11 is 0. The average molecular weight is 488 g/mol. The van der Waals surface area contributed by atoms with Gasteiger partial charge in [-0.2, -0.15) is 0 Å². The lowest BCUT2D eigenvalue weighted by atomic mass is 9.90.